The molecular formula is C12H16N2O2. The Kier molecular flexibility index (Phi) is 2.94. The average molecular weight is 220 g/mol. The van der Waals surface area contributed by atoms with E-state index < -0.39 is 5.41 Å². The summed E-state index contributed by atoms with van der Waals surface area (Å²) in [5, 5.41) is 9.15. The van der Waals surface area contributed by atoms with Crippen LogP contribution in [0.4, 0.5) is 0 Å². The Labute approximate surface area is 94.6 Å². The van der Waals surface area contributed by atoms with Crippen molar-refractivity contribution >= 4 is 5.91 Å². The normalized spacial score (nSPS) is 24.5. The van der Waals surface area contributed by atoms with Gasteiger partial charge in [0, 0.05) is 13.2 Å². The van der Waals surface area contributed by atoms with Gasteiger partial charge in [-0.2, -0.15) is 0 Å². The van der Waals surface area contributed by atoms with Gasteiger partial charge in [0.05, 0.1) is 5.41 Å². The van der Waals surface area contributed by atoms with Gasteiger partial charge in [-0.25, -0.2) is 5.43 Å². The van der Waals surface area contributed by atoms with E-state index in [-0.39, 0.29) is 12.5 Å². The highest BCUT2D eigenvalue weighted by atomic mass is 16.3. The molecule has 0 radical (unpaired) electrons. The van der Waals surface area contributed by atoms with Crippen molar-refractivity contribution in [3.8, 4) is 0 Å². The van der Waals surface area contributed by atoms with Crippen LogP contribution in [0.5, 0.6) is 0 Å². The Balaban J connectivity index is 2.48. The van der Waals surface area contributed by atoms with Crippen LogP contribution in [0, 0.1) is 6.92 Å². The first-order chi connectivity index (χ1) is 7.70. The van der Waals surface area contributed by atoms with E-state index >= 15 is 0 Å². The number of benzene rings is 1. The predicted molar refractivity (Wildman–Crippen MR) is 60.7 cm³/mol. The molecule has 1 aromatic carbocycles. The fraction of sp³-hybridized carbons (Fsp3) is 0.417. The van der Waals surface area contributed by atoms with E-state index in [0.717, 1.165) is 11.1 Å². The summed E-state index contributed by atoms with van der Waals surface area (Å²) in [4.78, 5) is 12.0. The Morgan fingerprint density at radius 1 is 1.44 bits per heavy atom. The number of rotatable bonds is 3. The summed E-state index contributed by atoms with van der Waals surface area (Å²) in [6.45, 7) is 2.51. The van der Waals surface area contributed by atoms with Gasteiger partial charge in [-0.1, -0.05) is 24.3 Å². The quantitative estimate of drug-likeness (QED) is 0.684. The smallest absolute Gasteiger partial charge is 0.246 e. The molecule has 1 fully saturated rings. The van der Waals surface area contributed by atoms with Crippen molar-refractivity contribution in [2.45, 2.75) is 18.8 Å². The van der Waals surface area contributed by atoms with E-state index in [1.807, 2.05) is 31.2 Å². The number of amides is 1. The molecule has 16 heavy (non-hydrogen) atoms. The Morgan fingerprint density at radius 2 is 2.19 bits per heavy atom. The maximum atomic E-state index is 12.0. The molecule has 1 aliphatic heterocycles. The Bertz CT molecular complexity index is 406. The standard InChI is InChI=1S/C12H16N2O2/c1-9-4-2-3-5-10(9)12(6-7-15)8-13-14-11(12)16/h2-5,13,15H,6-8H2,1H3,(H,14,16). The zero-order chi connectivity index (χ0) is 11.6. The van der Waals surface area contributed by atoms with Gasteiger partial charge in [0.15, 0.2) is 0 Å². The number of aliphatic hydroxyl groups is 1. The number of aryl methyl sites for hydroxylation is 1. The second-order valence-electron chi connectivity index (χ2n) is 4.18. The minimum atomic E-state index is -0.625. The molecule has 1 atom stereocenters. The van der Waals surface area contributed by atoms with E-state index in [2.05, 4.69) is 10.9 Å². The molecule has 0 bridgehead atoms. The van der Waals surface area contributed by atoms with E-state index in [4.69, 9.17) is 5.11 Å². The maximum Gasteiger partial charge on any atom is 0.246 e. The fourth-order valence-electron chi connectivity index (χ4n) is 2.33. The second-order valence-corrected chi connectivity index (χ2v) is 4.18. The van der Waals surface area contributed by atoms with Crippen LogP contribution >= 0.6 is 0 Å². The summed E-state index contributed by atoms with van der Waals surface area (Å²) in [7, 11) is 0. The largest absolute Gasteiger partial charge is 0.396 e. The molecule has 1 aromatic rings. The minimum absolute atomic E-state index is 0.00341. The monoisotopic (exact) mass is 220 g/mol. The first-order valence-corrected chi connectivity index (χ1v) is 5.41. The molecule has 0 aliphatic carbocycles. The molecule has 86 valence electrons. The molecule has 4 heteroatoms. The predicted octanol–water partition coefficient (Wildman–Crippen LogP) is 0.250. The van der Waals surface area contributed by atoms with Crippen molar-refractivity contribution in [3.05, 3.63) is 35.4 Å². The number of carbonyl (C=O) groups excluding carboxylic acids is 1. The zero-order valence-electron chi connectivity index (χ0n) is 9.29. The van der Waals surface area contributed by atoms with Crippen molar-refractivity contribution in [2.75, 3.05) is 13.2 Å². The highest BCUT2D eigenvalue weighted by Gasteiger charge is 2.44. The summed E-state index contributed by atoms with van der Waals surface area (Å²) in [6.07, 6.45) is 0.441. The van der Waals surface area contributed by atoms with Crippen molar-refractivity contribution in [2.24, 2.45) is 0 Å². The SMILES string of the molecule is Cc1ccccc1C1(CCO)CNNC1=O. The minimum Gasteiger partial charge on any atom is -0.396 e. The molecule has 1 saturated heterocycles. The number of aliphatic hydroxyl groups excluding tert-OH is 1. The Morgan fingerprint density at radius 3 is 2.75 bits per heavy atom. The third-order valence-corrected chi connectivity index (χ3v) is 3.23. The van der Waals surface area contributed by atoms with Crippen molar-refractivity contribution < 1.29 is 9.90 Å². The van der Waals surface area contributed by atoms with Crippen molar-refractivity contribution in [1.82, 2.24) is 10.9 Å². The van der Waals surface area contributed by atoms with Crippen LogP contribution < -0.4 is 10.9 Å². The van der Waals surface area contributed by atoms with Crippen LogP contribution in [0.15, 0.2) is 24.3 Å². The number of hydrazine groups is 1. The molecule has 1 heterocycles. The van der Waals surface area contributed by atoms with E-state index in [9.17, 15) is 4.79 Å². The van der Waals surface area contributed by atoms with Crippen molar-refractivity contribution in [3.63, 3.8) is 0 Å². The lowest BCUT2D eigenvalue weighted by molar-refractivity contribution is -0.124. The van der Waals surface area contributed by atoms with E-state index in [1.165, 1.54) is 0 Å². The van der Waals surface area contributed by atoms with Crippen LogP contribution in [-0.2, 0) is 10.2 Å². The molecule has 2 rings (SSSR count). The maximum absolute atomic E-state index is 12.0. The van der Waals surface area contributed by atoms with Gasteiger partial charge in [-0.3, -0.25) is 10.2 Å². The topological polar surface area (TPSA) is 61.4 Å². The van der Waals surface area contributed by atoms with E-state index in [1.54, 1.807) is 0 Å². The van der Waals surface area contributed by atoms with Crippen LogP contribution in [0.3, 0.4) is 0 Å². The van der Waals surface area contributed by atoms with Crippen LogP contribution in [0.25, 0.3) is 0 Å². The van der Waals surface area contributed by atoms with Crippen LogP contribution in [0.1, 0.15) is 17.5 Å². The van der Waals surface area contributed by atoms with Gasteiger partial charge in [0.2, 0.25) is 5.91 Å². The molecule has 0 saturated carbocycles. The van der Waals surface area contributed by atoms with Gasteiger partial charge >= 0.3 is 0 Å². The van der Waals surface area contributed by atoms with Gasteiger partial charge in [-0.15, -0.1) is 0 Å². The zero-order valence-corrected chi connectivity index (χ0v) is 9.29. The van der Waals surface area contributed by atoms with Gasteiger partial charge in [0.25, 0.3) is 0 Å². The van der Waals surface area contributed by atoms with Crippen LogP contribution in [0.2, 0.25) is 0 Å². The third-order valence-electron chi connectivity index (χ3n) is 3.23. The number of nitrogens with one attached hydrogen (secondary N) is 2. The molecule has 0 spiro atoms. The first kappa shape index (κ1) is 11.1. The molecule has 0 aromatic heterocycles. The molecule has 1 amide bonds. The molecule has 3 N–H and O–H groups in total. The van der Waals surface area contributed by atoms with Gasteiger partial charge < -0.3 is 5.11 Å². The Hall–Kier alpha value is -1.39. The van der Waals surface area contributed by atoms with E-state index in [0.29, 0.717) is 13.0 Å². The summed E-state index contributed by atoms with van der Waals surface area (Å²) in [5.74, 6) is -0.0594. The number of carbonyl (C=O) groups is 1. The van der Waals surface area contributed by atoms with Gasteiger partial charge in [0.1, 0.15) is 0 Å². The lowest BCUT2D eigenvalue weighted by atomic mass is 9.76. The van der Waals surface area contributed by atoms with Crippen molar-refractivity contribution in [1.29, 1.82) is 0 Å². The summed E-state index contributed by atoms with van der Waals surface area (Å²) in [5.41, 5.74) is 6.93. The highest BCUT2D eigenvalue weighted by Crippen LogP contribution is 2.32. The average Bonchev–Trinajstić information content (AvgIpc) is 2.62. The summed E-state index contributed by atoms with van der Waals surface area (Å²) < 4.78 is 0. The first-order valence-electron chi connectivity index (χ1n) is 5.41. The molecule has 1 unspecified atom stereocenters. The number of hydrogen-bond acceptors (Lipinski definition) is 3. The van der Waals surface area contributed by atoms with Crippen LogP contribution in [-0.4, -0.2) is 24.2 Å². The lowest BCUT2D eigenvalue weighted by Crippen LogP contribution is -2.39. The third kappa shape index (κ3) is 1.60. The second kappa shape index (κ2) is 4.23. The summed E-state index contributed by atoms with van der Waals surface area (Å²) in [6, 6.07) is 7.82. The summed E-state index contributed by atoms with van der Waals surface area (Å²) >= 11 is 0. The number of hydrogen-bond donors (Lipinski definition) is 3. The molecular weight excluding hydrogens is 204 g/mol. The van der Waals surface area contributed by atoms with Gasteiger partial charge in [-0.05, 0) is 24.5 Å². The molecule has 1 aliphatic rings. The molecule has 4 nitrogen and oxygen atoms in total. The fourth-order valence-corrected chi connectivity index (χ4v) is 2.33. The lowest BCUT2D eigenvalue weighted by Gasteiger charge is -2.26. The highest BCUT2D eigenvalue weighted by molar-refractivity contribution is 5.90.